The van der Waals surface area contributed by atoms with Crippen LogP contribution in [0.3, 0.4) is 0 Å². The Morgan fingerprint density at radius 2 is 2.00 bits per heavy atom. The fourth-order valence-corrected chi connectivity index (χ4v) is 2.29. The second-order valence-corrected chi connectivity index (χ2v) is 4.21. The third-order valence-electron chi connectivity index (χ3n) is 2.32. The number of hydrogen-bond donors (Lipinski definition) is 1. The Bertz CT molecular complexity index is 425. The number of thiophene rings is 1. The van der Waals surface area contributed by atoms with Crippen molar-refractivity contribution < 1.29 is 4.74 Å². The van der Waals surface area contributed by atoms with E-state index in [1.54, 1.807) is 18.4 Å². The van der Waals surface area contributed by atoms with Crippen molar-refractivity contribution in [1.29, 1.82) is 0 Å². The van der Waals surface area contributed by atoms with Gasteiger partial charge in [-0.05, 0) is 17.5 Å². The van der Waals surface area contributed by atoms with Crippen LogP contribution < -0.4 is 10.5 Å². The summed E-state index contributed by atoms with van der Waals surface area (Å²) in [6.07, 6.45) is 0. The molecule has 0 bridgehead atoms. The Morgan fingerprint density at radius 3 is 2.67 bits per heavy atom. The second-order valence-electron chi connectivity index (χ2n) is 3.24. The Hall–Kier alpha value is -1.32. The van der Waals surface area contributed by atoms with Gasteiger partial charge in [0.25, 0.3) is 0 Å². The first-order valence-electron chi connectivity index (χ1n) is 4.75. The summed E-state index contributed by atoms with van der Waals surface area (Å²) in [5.74, 6) is 0.846. The zero-order valence-electron chi connectivity index (χ0n) is 8.51. The minimum atomic E-state index is -0.0962. The lowest BCUT2D eigenvalue weighted by molar-refractivity contribution is 0.408. The Balaban J connectivity index is 2.37. The number of para-hydroxylation sites is 1. The standard InChI is InChI=1S/C12H13NOS/c1-14-10-6-3-2-5-9(10)12(13)11-7-4-8-15-11/h2-8,12H,13H2,1H3/t12-/m0/s1. The van der Waals surface area contributed by atoms with E-state index in [1.165, 1.54) is 0 Å². The first-order valence-corrected chi connectivity index (χ1v) is 5.63. The molecule has 0 unspecified atom stereocenters. The average Bonchev–Trinajstić information content (AvgIpc) is 2.81. The maximum absolute atomic E-state index is 6.17. The first kappa shape index (κ1) is 10.2. The molecular weight excluding hydrogens is 206 g/mol. The van der Waals surface area contributed by atoms with E-state index in [9.17, 15) is 0 Å². The van der Waals surface area contributed by atoms with Gasteiger partial charge in [0.1, 0.15) is 5.75 Å². The van der Waals surface area contributed by atoms with Crippen molar-refractivity contribution in [2.45, 2.75) is 6.04 Å². The van der Waals surface area contributed by atoms with Gasteiger partial charge in [0, 0.05) is 10.4 Å². The SMILES string of the molecule is COc1ccccc1[C@H](N)c1cccs1. The molecule has 78 valence electrons. The minimum Gasteiger partial charge on any atom is -0.496 e. The summed E-state index contributed by atoms with van der Waals surface area (Å²) in [5, 5.41) is 2.03. The van der Waals surface area contributed by atoms with Crippen molar-refractivity contribution >= 4 is 11.3 Å². The maximum Gasteiger partial charge on any atom is 0.124 e. The van der Waals surface area contributed by atoms with Crippen molar-refractivity contribution in [1.82, 2.24) is 0 Å². The monoisotopic (exact) mass is 219 g/mol. The van der Waals surface area contributed by atoms with Gasteiger partial charge in [-0.15, -0.1) is 11.3 Å². The summed E-state index contributed by atoms with van der Waals surface area (Å²) in [4.78, 5) is 1.15. The number of rotatable bonds is 3. The van der Waals surface area contributed by atoms with Crippen LogP contribution in [0, 0.1) is 0 Å². The number of nitrogens with two attached hydrogens (primary N) is 1. The number of ether oxygens (including phenoxy) is 1. The number of methoxy groups -OCH3 is 1. The van der Waals surface area contributed by atoms with Crippen LogP contribution in [0.25, 0.3) is 0 Å². The molecule has 15 heavy (non-hydrogen) atoms. The molecule has 0 aliphatic carbocycles. The smallest absolute Gasteiger partial charge is 0.124 e. The third-order valence-corrected chi connectivity index (χ3v) is 3.28. The van der Waals surface area contributed by atoms with Gasteiger partial charge >= 0.3 is 0 Å². The van der Waals surface area contributed by atoms with Gasteiger partial charge in [0.05, 0.1) is 13.2 Å². The predicted octanol–water partition coefficient (Wildman–Crippen LogP) is 2.80. The molecule has 1 atom stereocenters. The molecule has 2 N–H and O–H groups in total. The van der Waals surface area contributed by atoms with E-state index in [4.69, 9.17) is 10.5 Å². The van der Waals surface area contributed by atoms with E-state index in [2.05, 4.69) is 0 Å². The van der Waals surface area contributed by atoms with Gasteiger partial charge in [0.2, 0.25) is 0 Å². The highest BCUT2D eigenvalue weighted by Gasteiger charge is 2.13. The topological polar surface area (TPSA) is 35.2 Å². The summed E-state index contributed by atoms with van der Waals surface area (Å²) < 4.78 is 5.29. The lowest BCUT2D eigenvalue weighted by Crippen LogP contribution is -2.11. The summed E-state index contributed by atoms with van der Waals surface area (Å²) in [6.45, 7) is 0. The van der Waals surface area contributed by atoms with Crippen LogP contribution in [-0.2, 0) is 0 Å². The molecule has 0 fully saturated rings. The Labute approximate surface area is 93.3 Å². The van der Waals surface area contributed by atoms with Gasteiger partial charge in [-0.1, -0.05) is 24.3 Å². The van der Waals surface area contributed by atoms with Crippen molar-refractivity contribution in [3.05, 3.63) is 52.2 Å². The zero-order valence-corrected chi connectivity index (χ0v) is 9.33. The van der Waals surface area contributed by atoms with Crippen LogP contribution >= 0.6 is 11.3 Å². The fraction of sp³-hybridized carbons (Fsp3) is 0.167. The quantitative estimate of drug-likeness (QED) is 0.861. The summed E-state index contributed by atoms with van der Waals surface area (Å²) in [5.41, 5.74) is 7.20. The normalized spacial score (nSPS) is 12.4. The van der Waals surface area contributed by atoms with E-state index in [0.29, 0.717) is 0 Å². The molecule has 0 aliphatic rings. The van der Waals surface area contributed by atoms with Crippen LogP contribution in [0.5, 0.6) is 5.75 Å². The van der Waals surface area contributed by atoms with E-state index in [-0.39, 0.29) is 6.04 Å². The molecule has 0 amide bonds. The van der Waals surface area contributed by atoms with E-state index in [1.807, 2.05) is 41.8 Å². The first-order chi connectivity index (χ1) is 7.33. The molecule has 2 nitrogen and oxygen atoms in total. The van der Waals surface area contributed by atoms with Crippen LogP contribution in [0.4, 0.5) is 0 Å². The van der Waals surface area contributed by atoms with Gasteiger partial charge in [-0.3, -0.25) is 0 Å². The van der Waals surface area contributed by atoms with Gasteiger partial charge in [-0.2, -0.15) is 0 Å². The molecule has 1 heterocycles. The summed E-state index contributed by atoms with van der Waals surface area (Å²) in [7, 11) is 1.67. The summed E-state index contributed by atoms with van der Waals surface area (Å²) in [6, 6.07) is 11.8. The number of benzene rings is 1. The number of hydrogen-bond acceptors (Lipinski definition) is 3. The Kier molecular flexibility index (Phi) is 3.04. The molecule has 2 aromatic rings. The highest BCUT2D eigenvalue weighted by atomic mass is 32.1. The largest absolute Gasteiger partial charge is 0.496 e. The summed E-state index contributed by atoms with van der Waals surface area (Å²) >= 11 is 1.66. The van der Waals surface area contributed by atoms with Crippen LogP contribution in [0.1, 0.15) is 16.5 Å². The Morgan fingerprint density at radius 1 is 1.20 bits per heavy atom. The molecule has 2 rings (SSSR count). The van der Waals surface area contributed by atoms with E-state index >= 15 is 0 Å². The molecule has 0 spiro atoms. The fourth-order valence-electron chi connectivity index (χ4n) is 1.54. The van der Waals surface area contributed by atoms with Crippen LogP contribution in [0.2, 0.25) is 0 Å². The van der Waals surface area contributed by atoms with Crippen LogP contribution in [-0.4, -0.2) is 7.11 Å². The van der Waals surface area contributed by atoms with Crippen molar-refractivity contribution in [2.24, 2.45) is 5.73 Å². The van der Waals surface area contributed by atoms with E-state index < -0.39 is 0 Å². The third kappa shape index (κ3) is 2.03. The van der Waals surface area contributed by atoms with E-state index in [0.717, 1.165) is 16.2 Å². The van der Waals surface area contributed by atoms with Gasteiger partial charge in [-0.25, -0.2) is 0 Å². The highest BCUT2D eigenvalue weighted by Crippen LogP contribution is 2.29. The van der Waals surface area contributed by atoms with Crippen molar-refractivity contribution in [3.8, 4) is 5.75 Å². The lowest BCUT2D eigenvalue weighted by Gasteiger charge is -2.13. The average molecular weight is 219 g/mol. The molecule has 0 aliphatic heterocycles. The van der Waals surface area contributed by atoms with Gasteiger partial charge in [0.15, 0.2) is 0 Å². The molecule has 3 heteroatoms. The molecule has 0 saturated heterocycles. The van der Waals surface area contributed by atoms with Crippen molar-refractivity contribution in [2.75, 3.05) is 7.11 Å². The second kappa shape index (κ2) is 4.47. The zero-order chi connectivity index (χ0) is 10.7. The molecule has 0 saturated carbocycles. The van der Waals surface area contributed by atoms with Crippen molar-refractivity contribution in [3.63, 3.8) is 0 Å². The van der Waals surface area contributed by atoms with Gasteiger partial charge < -0.3 is 10.5 Å². The molecule has 0 radical (unpaired) electrons. The van der Waals surface area contributed by atoms with Crippen LogP contribution in [0.15, 0.2) is 41.8 Å². The minimum absolute atomic E-state index is 0.0962. The molecule has 1 aromatic carbocycles. The highest BCUT2D eigenvalue weighted by molar-refractivity contribution is 7.10. The molecular formula is C12H13NOS. The maximum atomic E-state index is 6.17. The lowest BCUT2D eigenvalue weighted by atomic mass is 10.1. The predicted molar refractivity (Wildman–Crippen MR) is 63.3 cm³/mol. The molecule has 1 aromatic heterocycles.